The van der Waals surface area contributed by atoms with Gasteiger partial charge in [-0.15, -0.1) is 0 Å². The summed E-state index contributed by atoms with van der Waals surface area (Å²) in [4.78, 5) is 0. The van der Waals surface area contributed by atoms with Gasteiger partial charge >= 0.3 is 0 Å². The van der Waals surface area contributed by atoms with Gasteiger partial charge in [-0.3, -0.25) is 0 Å². The Morgan fingerprint density at radius 3 is 3.11 bits per heavy atom. The van der Waals surface area contributed by atoms with Gasteiger partial charge in [0.1, 0.15) is 17.1 Å². The first-order valence-electron chi connectivity index (χ1n) is 6.94. The van der Waals surface area contributed by atoms with Crippen LogP contribution < -0.4 is 14.8 Å². The highest BCUT2D eigenvalue weighted by atomic mass is 32.2. The molecule has 0 aromatic heterocycles. The maximum atomic E-state index is 6.34. The molecule has 1 fully saturated rings. The fourth-order valence-electron chi connectivity index (χ4n) is 3.03. The van der Waals surface area contributed by atoms with Crippen molar-refractivity contribution in [2.24, 2.45) is 0 Å². The maximum Gasteiger partial charge on any atom is 0.125 e. The lowest BCUT2D eigenvalue weighted by atomic mass is 9.86. The van der Waals surface area contributed by atoms with Gasteiger partial charge in [-0.2, -0.15) is 11.8 Å². The topological polar surface area (TPSA) is 30.5 Å². The fraction of sp³-hybridized carbons (Fsp3) is 0.600. The molecule has 1 aromatic rings. The van der Waals surface area contributed by atoms with Crippen molar-refractivity contribution in [1.29, 1.82) is 0 Å². The van der Waals surface area contributed by atoms with Crippen LogP contribution in [0.5, 0.6) is 11.5 Å². The van der Waals surface area contributed by atoms with Gasteiger partial charge in [-0.25, -0.2) is 0 Å². The molecule has 1 saturated heterocycles. The number of hydrogen-bond acceptors (Lipinski definition) is 4. The maximum absolute atomic E-state index is 6.34. The predicted molar refractivity (Wildman–Crippen MR) is 79.3 cm³/mol. The molecule has 0 bridgehead atoms. The fourth-order valence-corrected chi connectivity index (χ4v) is 4.39. The van der Waals surface area contributed by atoms with Crippen LogP contribution in [0.1, 0.15) is 31.4 Å². The standard InChI is InChI=1S/C15H21NO2S/c1-3-16-13-9-15(6-7-19-10-15)18-14-5-4-11(17-2)8-12(13)14/h4-5,8,13,16H,3,6-7,9-10H2,1-2H3. The van der Waals surface area contributed by atoms with E-state index in [4.69, 9.17) is 9.47 Å². The smallest absolute Gasteiger partial charge is 0.125 e. The Hall–Kier alpha value is -0.870. The number of benzene rings is 1. The zero-order valence-corrected chi connectivity index (χ0v) is 12.4. The van der Waals surface area contributed by atoms with Crippen molar-refractivity contribution in [1.82, 2.24) is 5.32 Å². The lowest BCUT2D eigenvalue weighted by Crippen LogP contribution is -2.44. The second-order valence-corrected chi connectivity index (χ2v) is 6.41. The van der Waals surface area contributed by atoms with Crippen LogP contribution in [0.25, 0.3) is 0 Å². The van der Waals surface area contributed by atoms with E-state index < -0.39 is 0 Å². The van der Waals surface area contributed by atoms with Crippen molar-refractivity contribution in [2.45, 2.75) is 31.4 Å². The third-order valence-electron chi connectivity index (χ3n) is 4.01. The van der Waals surface area contributed by atoms with Crippen molar-refractivity contribution in [3.63, 3.8) is 0 Å². The van der Waals surface area contributed by atoms with Gasteiger partial charge in [0.2, 0.25) is 0 Å². The summed E-state index contributed by atoms with van der Waals surface area (Å²) >= 11 is 2.00. The molecule has 0 saturated carbocycles. The second kappa shape index (κ2) is 5.25. The van der Waals surface area contributed by atoms with E-state index in [1.54, 1.807) is 7.11 Å². The molecule has 0 amide bonds. The first-order chi connectivity index (χ1) is 9.26. The molecule has 2 aliphatic heterocycles. The highest BCUT2D eigenvalue weighted by Crippen LogP contribution is 2.46. The van der Waals surface area contributed by atoms with E-state index >= 15 is 0 Å². The number of nitrogens with one attached hydrogen (secondary N) is 1. The van der Waals surface area contributed by atoms with Crippen molar-refractivity contribution in [3.05, 3.63) is 23.8 Å². The number of ether oxygens (including phenoxy) is 2. The largest absolute Gasteiger partial charge is 0.497 e. The lowest BCUT2D eigenvalue weighted by molar-refractivity contribution is 0.0553. The van der Waals surface area contributed by atoms with Crippen LogP contribution in [0.2, 0.25) is 0 Å². The van der Waals surface area contributed by atoms with Gasteiger partial charge in [0, 0.05) is 23.8 Å². The third kappa shape index (κ3) is 2.43. The average molecular weight is 279 g/mol. The van der Waals surface area contributed by atoms with Crippen LogP contribution in [0, 0.1) is 0 Å². The molecular weight excluding hydrogens is 258 g/mol. The van der Waals surface area contributed by atoms with E-state index in [1.807, 2.05) is 17.8 Å². The predicted octanol–water partition coefficient (Wildman–Crippen LogP) is 3.00. The summed E-state index contributed by atoms with van der Waals surface area (Å²) < 4.78 is 11.7. The number of thioether (sulfide) groups is 1. The molecule has 0 aliphatic carbocycles. The minimum absolute atomic E-state index is 0.0408. The molecule has 104 valence electrons. The summed E-state index contributed by atoms with van der Waals surface area (Å²) in [6, 6.07) is 6.53. The Morgan fingerprint density at radius 1 is 1.53 bits per heavy atom. The first-order valence-corrected chi connectivity index (χ1v) is 8.10. The lowest BCUT2D eigenvalue weighted by Gasteiger charge is -2.40. The molecule has 1 aromatic carbocycles. The minimum atomic E-state index is 0.0408. The summed E-state index contributed by atoms with van der Waals surface area (Å²) in [6.07, 6.45) is 2.22. The number of fused-ring (bicyclic) bond motifs is 1. The van der Waals surface area contributed by atoms with E-state index in [0.29, 0.717) is 6.04 Å². The summed E-state index contributed by atoms with van der Waals surface area (Å²) in [6.45, 7) is 3.13. The molecule has 2 heterocycles. The van der Waals surface area contributed by atoms with Crippen molar-refractivity contribution >= 4 is 11.8 Å². The molecule has 2 atom stereocenters. The van der Waals surface area contributed by atoms with Crippen LogP contribution >= 0.6 is 11.8 Å². The van der Waals surface area contributed by atoms with Gasteiger partial charge in [0.25, 0.3) is 0 Å². The van der Waals surface area contributed by atoms with Gasteiger partial charge < -0.3 is 14.8 Å². The molecule has 2 unspecified atom stereocenters. The molecule has 2 aliphatic rings. The molecular formula is C15H21NO2S. The van der Waals surface area contributed by atoms with Gasteiger partial charge in [0.15, 0.2) is 0 Å². The Bertz CT molecular complexity index is 457. The van der Waals surface area contributed by atoms with Gasteiger partial charge in [-0.05, 0) is 36.9 Å². The molecule has 1 spiro atoms. The minimum Gasteiger partial charge on any atom is -0.497 e. The molecule has 3 nitrogen and oxygen atoms in total. The van der Waals surface area contributed by atoms with Crippen LogP contribution in [-0.4, -0.2) is 30.8 Å². The van der Waals surface area contributed by atoms with Crippen molar-refractivity contribution in [2.75, 3.05) is 25.2 Å². The zero-order valence-electron chi connectivity index (χ0n) is 11.6. The van der Waals surface area contributed by atoms with Gasteiger partial charge in [-0.1, -0.05) is 6.92 Å². The molecule has 0 radical (unpaired) electrons. The first kappa shape index (κ1) is 13.1. The molecule has 1 N–H and O–H groups in total. The molecule has 19 heavy (non-hydrogen) atoms. The average Bonchev–Trinajstić information content (AvgIpc) is 2.86. The monoisotopic (exact) mass is 279 g/mol. The summed E-state index contributed by atoms with van der Waals surface area (Å²) in [5.41, 5.74) is 1.28. The van der Waals surface area contributed by atoms with Gasteiger partial charge in [0.05, 0.1) is 7.11 Å². The number of methoxy groups -OCH3 is 1. The summed E-state index contributed by atoms with van der Waals surface area (Å²) in [7, 11) is 1.71. The van der Waals surface area contributed by atoms with E-state index in [9.17, 15) is 0 Å². The Labute approximate surface area is 119 Å². The molecule has 3 rings (SSSR count). The van der Waals surface area contributed by atoms with Crippen molar-refractivity contribution < 1.29 is 9.47 Å². The summed E-state index contributed by atoms with van der Waals surface area (Å²) in [5, 5.41) is 3.60. The highest BCUT2D eigenvalue weighted by Gasteiger charge is 2.43. The zero-order chi connectivity index (χ0) is 13.3. The summed E-state index contributed by atoms with van der Waals surface area (Å²) in [5.74, 6) is 4.26. The Balaban J connectivity index is 1.96. The SMILES string of the molecule is CCNC1CC2(CCSC2)Oc2ccc(OC)cc21. The highest BCUT2D eigenvalue weighted by molar-refractivity contribution is 7.99. The third-order valence-corrected chi connectivity index (χ3v) is 5.24. The van der Waals surface area contributed by atoms with E-state index in [0.717, 1.165) is 36.6 Å². The van der Waals surface area contributed by atoms with Crippen LogP contribution in [0.15, 0.2) is 18.2 Å². The number of hydrogen-bond donors (Lipinski definition) is 1. The van der Waals surface area contributed by atoms with E-state index in [1.165, 1.54) is 11.3 Å². The quantitative estimate of drug-likeness (QED) is 0.921. The van der Waals surface area contributed by atoms with E-state index in [2.05, 4.69) is 24.4 Å². The van der Waals surface area contributed by atoms with Crippen LogP contribution in [-0.2, 0) is 0 Å². The Morgan fingerprint density at radius 2 is 2.42 bits per heavy atom. The van der Waals surface area contributed by atoms with Crippen LogP contribution in [0.3, 0.4) is 0 Å². The van der Waals surface area contributed by atoms with Crippen LogP contribution in [0.4, 0.5) is 0 Å². The van der Waals surface area contributed by atoms with E-state index in [-0.39, 0.29) is 5.60 Å². The normalized spacial score (nSPS) is 29.1. The Kier molecular flexibility index (Phi) is 3.63. The number of rotatable bonds is 3. The van der Waals surface area contributed by atoms with Crippen molar-refractivity contribution in [3.8, 4) is 11.5 Å². The second-order valence-electron chi connectivity index (χ2n) is 5.31. The molecule has 4 heteroatoms.